The van der Waals surface area contributed by atoms with Crippen molar-refractivity contribution >= 4 is 17.4 Å². The van der Waals surface area contributed by atoms with E-state index in [0.29, 0.717) is 11.4 Å². The van der Waals surface area contributed by atoms with Crippen LogP contribution >= 0.6 is 0 Å². The van der Waals surface area contributed by atoms with Gasteiger partial charge in [0.25, 0.3) is 5.91 Å². The summed E-state index contributed by atoms with van der Waals surface area (Å²) in [5.74, 6) is -0.941. The van der Waals surface area contributed by atoms with Gasteiger partial charge in [-0.1, -0.05) is 38.5 Å². The van der Waals surface area contributed by atoms with Crippen LogP contribution in [0.2, 0.25) is 0 Å². The lowest BCUT2D eigenvalue weighted by atomic mass is 9.83. The zero-order chi connectivity index (χ0) is 19.2. The molecule has 1 atom stereocenters. The average molecular weight is 353 g/mol. The summed E-state index contributed by atoms with van der Waals surface area (Å²) in [6.45, 7) is 9.16. The van der Waals surface area contributed by atoms with Crippen LogP contribution in [0.15, 0.2) is 52.3 Å². The van der Waals surface area contributed by atoms with Crippen LogP contribution in [0.4, 0.5) is 5.69 Å². The molecule has 2 aromatic rings. The summed E-state index contributed by atoms with van der Waals surface area (Å²) in [6, 6.07) is 8.32. The number of ketones is 1. The average Bonchev–Trinajstić information content (AvgIpc) is 3.15. The highest BCUT2D eigenvalue weighted by Gasteiger charge is 2.48. The fourth-order valence-corrected chi connectivity index (χ4v) is 3.28. The van der Waals surface area contributed by atoms with Crippen LogP contribution in [0.25, 0.3) is 0 Å². The molecular formula is C21H23NO4. The maximum atomic E-state index is 13.0. The fraction of sp³-hybridized carbons (Fsp3) is 0.333. The van der Waals surface area contributed by atoms with Crippen molar-refractivity contribution in [1.29, 1.82) is 0 Å². The molecule has 2 heterocycles. The Bertz CT molecular complexity index is 901. The molecule has 1 N–H and O–H groups in total. The van der Waals surface area contributed by atoms with Crippen molar-refractivity contribution in [2.45, 2.75) is 40.7 Å². The normalized spacial score (nSPS) is 18.0. The summed E-state index contributed by atoms with van der Waals surface area (Å²) in [4.78, 5) is 27.4. The van der Waals surface area contributed by atoms with Gasteiger partial charge in [0.2, 0.25) is 0 Å². The minimum atomic E-state index is -0.786. The molecule has 0 bridgehead atoms. The number of rotatable bonds is 3. The Labute approximate surface area is 152 Å². The molecule has 1 aromatic heterocycles. The third-order valence-electron chi connectivity index (χ3n) is 4.56. The van der Waals surface area contributed by atoms with Crippen LogP contribution < -0.4 is 4.90 Å². The van der Waals surface area contributed by atoms with Gasteiger partial charge >= 0.3 is 0 Å². The Hall–Kier alpha value is -2.82. The van der Waals surface area contributed by atoms with Crippen LogP contribution in [0, 0.1) is 19.3 Å². The largest absolute Gasteiger partial charge is 0.503 e. The number of aryl methyl sites for hydroxylation is 2. The number of aliphatic hydroxyl groups excluding tert-OH is 1. The number of hydrogen-bond acceptors (Lipinski definition) is 4. The number of amides is 1. The lowest BCUT2D eigenvalue weighted by Crippen LogP contribution is -2.33. The van der Waals surface area contributed by atoms with Crippen molar-refractivity contribution in [1.82, 2.24) is 0 Å². The van der Waals surface area contributed by atoms with Crippen molar-refractivity contribution in [2.75, 3.05) is 4.90 Å². The predicted molar refractivity (Wildman–Crippen MR) is 99.0 cm³/mol. The van der Waals surface area contributed by atoms with Gasteiger partial charge in [-0.25, -0.2) is 0 Å². The molecular weight excluding hydrogens is 330 g/mol. The van der Waals surface area contributed by atoms with Gasteiger partial charge in [-0.3, -0.25) is 14.5 Å². The number of aliphatic hydroxyl groups is 1. The van der Waals surface area contributed by atoms with E-state index in [1.54, 1.807) is 32.9 Å². The highest BCUT2D eigenvalue weighted by atomic mass is 16.3. The van der Waals surface area contributed by atoms with E-state index < -0.39 is 23.1 Å². The molecule has 1 aromatic carbocycles. The highest BCUT2D eigenvalue weighted by molar-refractivity contribution is 6.17. The van der Waals surface area contributed by atoms with Gasteiger partial charge in [0, 0.05) is 11.1 Å². The Morgan fingerprint density at radius 2 is 1.88 bits per heavy atom. The first kappa shape index (κ1) is 18.0. The standard InChI is InChI=1S/C21H23NO4/c1-12-8-9-14(13(2)11-12)22-17(15-7-6-10-26-15)16(18(23)20(22)25)19(24)21(3,4)5/h6-11,17,23H,1-5H3. The molecule has 0 spiro atoms. The minimum absolute atomic E-state index is 0.0809. The maximum absolute atomic E-state index is 13.0. The lowest BCUT2D eigenvalue weighted by molar-refractivity contribution is -0.123. The SMILES string of the molecule is Cc1ccc(N2C(=O)C(O)=C(C(=O)C(C)(C)C)C2c2ccco2)c(C)c1. The molecule has 1 unspecified atom stereocenters. The number of carbonyl (C=O) groups is 2. The summed E-state index contributed by atoms with van der Waals surface area (Å²) < 4.78 is 5.53. The molecule has 1 amide bonds. The lowest BCUT2D eigenvalue weighted by Gasteiger charge is -2.28. The molecule has 5 heteroatoms. The van der Waals surface area contributed by atoms with Crippen LogP contribution in [-0.2, 0) is 9.59 Å². The van der Waals surface area contributed by atoms with E-state index in [2.05, 4.69) is 0 Å². The van der Waals surface area contributed by atoms with Gasteiger partial charge in [-0.15, -0.1) is 0 Å². The predicted octanol–water partition coefficient (Wildman–Crippen LogP) is 4.41. The number of benzene rings is 1. The Kier molecular flexibility index (Phi) is 4.26. The number of hydrogen-bond donors (Lipinski definition) is 1. The Morgan fingerprint density at radius 3 is 2.42 bits per heavy atom. The van der Waals surface area contributed by atoms with E-state index in [-0.39, 0.29) is 11.4 Å². The fourth-order valence-electron chi connectivity index (χ4n) is 3.28. The number of anilines is 1. The molecule has 1 aliphatic rings. The molecule has 0 fully saturated rings. The molecule has 0 aliphatic carbocycles. The molecule has 26 heavy (non-hydrogen) atoms. The second-order valence-electron chi connectivity index (χ2n) is 7.72. The maximum Gasteiger partial charge on any atom is 0.294 e. The van der Waals surface area contributed by atoms with E-state index in [1.807, 2.05) is 32.0 Å². The van der Waals surface area contributed by atoms with Crippen molar-refractivity contribution in [3.05, 3.63) is 64.8 Å². The molecule has 0 saturated carbocycles. The van der Waals surface area contributed by atoms with Crippen molar-refractivity contribution in [3.63, 3.8) is 0 Å². The van der Waals surface area contributed by atoms with E-state index in [9.17, 15) is 14.7 Å². The van der Waals surface area contributed by atoms with Crippen molar-refractivity contribution in [2.24, 2.45) is 5.41 Å². The molecule has 3 rings (SSSR count). The van der Waals surface area contributed by atoms with Gasteiger partial charge in [0.1, 0.15) is 11.8 Å². The summed E-state index contributed by atoms with van der Waals surface area (Å²) in [7, 11) is 0. The first-order valence-electron chi connectivity index (χ1n) is 8.55. The van der Waals surface area contributed by atoms with E-state index in [0.717, 1.165) is 11.1 Å². The van der Waals surface area contributed by atoms with Crippen LogP contribution in [0.1, 0.15) is 43.7 Å². The quantitative estimate of drug-likeness (QED) is 0.887. The third kappa shape index (κ3) is 2.83. The van der Waals surface area contributed by atoms with E-state index in [4.69, 9.17) is 4.42 Å². The first-order chi connectivity index (χ1) is 12.1. The summed E-state index contributed by atoms with van der Waals surface area (Å²) in [5.41, 5.74) is 1.93. The van der Waals surface area contributed by atoms with Gasteiger partial charge in [0.15, 0.2) is 11.5 Å². The van der Waals surface area contributed by atoms with E-state index >= 15 is 0 Å². The molecule has 0 saturated heterocycles. The molecule has 0 radical (unpaired) electrons. The van der Waals surface area contributed by atoms with Gasteiger partial charge in [-0.05, 0) is 37.6 Å². The second-order valence-corrected chi connectivity index (χ2v) is 7.72. The highest BCUT2D eigenvalue weighted by Crippen LogP contribution is 2.44. The van der Waals surface area contributed by atoms with E-state index in [1.165, 1.54) is 11.2 Å². The zero-order valence-corrected chi connectivity index (χ0v) is 15.7. The Morgan fingerprint density at radius 1 is 1.19 bits per heavy atom. The summed E-state index contributed by atoms with van der Waals surface area (Å²) >= 11 is 0. The van der Waals surface area contributed by atoms with Crippen molar-refractivity contribution in [3.8, 4) is 0 Å². The topological polar surface area (TPSA) is 70.8 Å². The number of nitrogens with zero attached hydrogens (tertiary/aromatic N) is 1. The number of Topliss-reactive ketones (excluding diaryl/α,β-unsaturated/α-hetero) is 1. The summed E-state index contributed by atoms with van der Waals surface area (Å²) in [6.07, 6.45) is 1.49. The first-order valence-corrected chi connectivity index (χ1v) is 8.55. The molecule has 5 nitrogen and oxygen atoms in total. The Balaban J connectivity index is 2.20. The van der Waals surface area contributed by atoms with Gasteiger partial charge < -0.3 is 9.52 Å². The molecule has 1 aliphatic heterocycles. The smallest absolute Gasteiger partial charge is 0.294 e. The third-order valence-corrected chi connectivity index (χ3v) is 4.56. The molecule has 136 valence electrons. The minimum Gasteiger partial charge on any atom is -0.503 e. The monoisotopic (exact) mass is 353 g/mol. The number of furan rings is 1. The zero-order valence-electron chi connectivity index (χ0n) is 15.7. The number of carbonyl (C=O) groups excluding carboxylic acids is 2. The second kappa shape index (κ2) is 6.16. The summed E-state index contributed by atoms with van der Waals surface area (Å²) in [5, 5.41) is 10.6. The van der Waals surface area contributed by atoms with Crippen LogP contribution in [0.5, 0.6) is 0 Å². The van der Waals surface area contributed by atoms with Crippen LogP contribution in [0.3, 0.4) is 0 Å². The van der Waals surface area contributed by atoms with Gasteiger partial charge in [0.05, 0.1) is 11.8 Å². The van der Waals surface area contributed by atoms with Gasteiger partial charge in [-0.2, -0.15) is 0 Å². The van der Waals surface area contributed by atoms with Crippen molar-refractivity contribution < 1.29 is 19.1 Å². The van der Waals surface area contributed by atoms with Crippen LogP contribution in [-0.4, -0.2) is 16.8 Å².